The summed E-state index contributed by atoms with van der Waals surface area (Å²) in [4.78, 5) is 5.06. The van der Waals surface area contributed by atoms with E-state index in [-0.39, 0.29) is 0 Å². The summed E-state index contributed by atoms with van der Waals surface area (Å²) in [7, 11) is 1.75. The first kappa shape index (κ1) is 25.7. The number of nitrogens with zero attached hydrogens (tertiary/aromatic N) is 2. The third-order valence-corrected chi connectivity index (χ3v) is 8.68. The van der Waals surface area contributed by atoms with Gasteiger partial charge in [-0.2, -0.15) is 0 Å². The van der Waals surface area contributed by atoms with Gasteiger partial charge >= 0.3 is 0 Å². The number of aryl methyl sites for hydroxylation is 1. The first-order valence-corrected chi connectivity index (χ1v) is 14.1. The van der Waals surface area contributed by atoms with Gasteiger partial charge in [-0.15, -0.1) is 0 Å². The molecular weight excluding hydrogens is 456 g/mol. The molecule has 1 N–H and O–H groups in total. The second-order valence-corrected chi connectivity index (χ2v) is 10.8. The van der Waals surface area contributed by atoms with Crippen LogP contribution in [0.3, 0.4) is 0 Å². The van der Waals surface area contributed by atoms with Crippen molar-refractivity contribution in [3.05, 3.63) is 88.5 Å². The number of hydrogen-bond donors (Lipinski definition) is 1. The summed E-state index contributed by atoms with van der Waals surface area (Å²) in [6.07, 6.45) is 5.65. The van der Waals surface area contributed by atoms with Gasteiger partial charge in [-0.1, -0.05) is 43.3 Å². The Kier molecular flexibility index (Phi) is 8.05. The average molecular weight is 499 g/mol. The fraction of sp³-hybridized carbons (Fsp3) is 0.455. The molecule has 0 bridgehead atoms. The Balaban J connectivity index is 1.35. The number of piperidine rings is 1. The molecule has 196 valence electrons. The second-order valence-electron chi connectivity index (χ2n) is 10.8. The number of aromatic hydroxyl groups is 1. The van der Waals surface area contributed by atoms with Crippen LogP contribution in [0, 0.1) is 0 Å². The highest BCUT2D eigenvalue weighted by Gasteiger charge is 2.25. The van der Waals surface area contributed by atoms with E-state index in [0.29, 0.717) is 17.6 Å². The van der Waals surface area contributed by atoms with Crippen LogP contribution in [-0.4, -0.2) is 43.3 Å². The van der Waals surface area contributed by atoms with E-state index in [9.17, 15) is 5.11 Å². The SMILES string of the molecule is CCN1CCC(c2ccc(CN(CC)c3cc(OC)ccc3[C@@H]3CCc4cc(O)ccc4C3)cc2)CC1. The first-order valence-electron chi connectivity index (χ1n) is 14.1. The standard InChI is InChI=1S/C33H42N2O2/c1-4-34-18-16-26(17-19-34)25-8-6-24(7-9-25)23-35(5-2)33-22-31(37-3)14-15-32(33)29-11-10-28-21-30(36)13-12-27(28)20-29/h6-9,12-15,21-22,26,29,36H,4-5,10-11,16-20,23H2,1-3H3/t29-/m1/s1. The minimum atomic E-state index is 0.372. The predicted octanol–water partition coefficient (Wildman–Crippen LogP) is 6.90. The van der Waals surface area contributed by atoms with Crippen molar-refractivity contribution in [2.75, 3.05) is 38.2 Å². The van der Waals surface area contributed by atoms with E-state index >= 15 is 0 Å². The molecule has 4 heteroatoms. The lowest BCUT2D eigenvalue weighted by Crippen LogP contribution is -2.32. The van der Waals surface area contributed by atoms with Crippen LogP contribution in [0.5, 0.6) is 11.5 Å². The van der Waals surface area contributed by atoms with Crippen LogP contribution >= 0.6 is 0 Å². The number of anilines is 1. The summed E-state index contributed by atoms with van der Waals surface area (Å²) in [5.74, 6) is 2.44. The molecule has 0 radical (unpaired) electrons. The maximum Gasteiger partial charge on any atom is 0.120 e. The van der Waals surface area contributed by atoms with Crippen LogP contribution in [0.2, 0.25) is 0 Å². The van der Waals surface area contributed by atoms with Crippen LogP contribution in [0.1, 0.15) is 72.8 Å². The van der Waals surface area contributed by atoms with E-state index in [1.165, 1.54) is 66.0 Å². The number of likely N-dealkylation sites (tertiary alicyclic amines) is 1. The quantitative estimate of drug-likeness (QED) is 0.366. The first-order chi connectivity index (χ1) is 18.1. The van der Waals surface area contributed by atoms with Crippen molar-refractivity contribution >= 4 is 5.69 Å². The van der Waals surface area contributed by atoms with Gasteiger partial charge in [-0.05, 0) is 117 Å². The van der Waals surface area contributed by atoms with Crippen LogP contribution in [0.25, 0.3) is 0 Å². The van der Waals surface area contributed by atoms with Crippen molar-refractivity contribution < 1.29 is 9.84 Å². The normalized spacial score (nSPS) is 18.4. The second kappa shape index (κ2) is 11.6. The summed E-state index contributed by atoms with van der Waals surface area (Å²) >= 11 is 0. The lowest BCUT2D eigenvalue weighted by molar-refractivity contribution is 0.222. The van der Waals surface area contributed by atoms with Crippen molar-refractivity contribution in [2.24, 2.45) is 0 Å². The van der Waals surface area contributed by atoms with Gasteiger partial charge in [-0.3, -0.25) is 0 Å². The molecule has 2 aliphatic rings. The highest BCUT2D eigenvalue weighted by molar-refractivity contribution is 5.60. The minimum Gasteiger partial charge on any atom is -0.508 e. The lowest BCUT2D eigenvalue weighted by atomic mass is 9.79. The smallest absolute Gasteiger partial charge is 0.120 e. The van der Waals surface area contributed by atoms with Crippen LogP contribution in [0.15, 0.2) is 60.7 Å². The van der Waals surface area contributed by atoms with Gasteiger partial charge in [0.05, 0.1) is 7.11 Å². The van der Waals surface area contributed by atoms with Gasteiger partial charge in [0.15, 0.2) is 0 Å². The lowest BCUT2D eigenvalue weighted by Gasteiger charge is -2.32. The van der Waals surface area contributed by atoms with Crippen molar-refractivity contribution in [1.82, 2.24) is 4.90 Å². The van der Waals surface area contributed by atoms with Crippen molar-refractivity contribution in [2.45, 2.75) is 64.3 Å². The molecule has 1 atom stereocenters. The van der Waals surface area contributed by atoms with E-state index < -0.39 is 0 Å². The molecule has 1 aliphatic heterocycles. The summed E-state index contributed by atoms with van der Waals surface area (Å²) < 4.78 is 5.65. The third kappa shape index (κ3) is 5.80. The molecule has 3 aromatic carbocycles. The number of ether oxygens (including phenoxy) is 1. The number of phenolic OH excluding ortho intramolecular Hbond substituents is 1. The van der Waals surface area contributed by atoms with Crippen LogP contribution in [0.4, 0.5) is 5.69 Å². The molecular formula is C33H42N2O2. The monoisotopic (exact) mass is 498 g/mol. The molecule has 0 spiro atoms. The topological polar surface area (TPSA) is 35.9 Å². The minimum absolute atomic E-state index is 0.372. The fourth-order valence-corrected chi connectivity index (χ4v) is 6.34. The molecule has 1 aliphatic carbocycles. The van der Waals surface area contributed by atoms with Gasteiger partial charge in [-0.25, -0.2) is 0 Å². The Morgan fingerprint density at radius 3 is 2.38 bits per heavy atom. The van der Waals surface area contributed by atoms with Gasteiger partial charge < -0.3 is 19.6 Å². The summed E-state index contributed by atoms with van der Waals surface area (Å²) in [5.41, 5.74) is 8.19. The maximum atomic E-state index is 9.91. The average Bonchev–Trinajstić information content (AvgIpc) is 2.95. The zero-order valence-electron chi connectivity index (χ0n) is 22.7. The number of benzene rings is 3. The Bertz CT molecular complexity index is 1180. The van der Waals surface area contributed by atoms with Gasteiger partial charge in [0.2, 0.25) is 0 Å². The number of methoxy groups -OCH3 is 1. The Morgan fingerprint density at radius 1 is 0.892 bits per heavy atom. The van der Waals surface area contributed by atoms with E-state index in [1.807, 2.05) is 12.1 Å². The molecule has 1 fully saturated rings. The molecule has 4 nitrogen and oxygen atoms in total. The maximum absolute atomic E-state index is 9.91. The zero-order chi connectivity index (χ0) is 25.8. The molecule has 0 saturated carbocycles. The summed E-state index contributed by atoms with van der Waals surface area (Å²) in [6.45, 7) is 9.95. The number of hydrogen-bond acceptors (Lipinski definition) is 4. The van der Waals surface area contributed by atoms with Gasteiger partial charge in [0.1, 0.15) is 11.5 Å². The predicted molar refractivity (Wildman–Crippen MR) is 153 cm³/mol. The molecule has 5 rings (SSSR count). The Hall–Kier alpha value is -2.98. The Morgan fingerprint density at radius 2 is 1.68 bits per heavy atom. The van der Waals surface area contributed by atoms with Crippen molar-refractivity contribution in [3.8, 4) is 11.5 Å². The van der Waals surface area contributed by atoms with Gasteiger partial charge in [0.25, 0.3) is 0 Å². The zero-order valence-corrected chi connectivity index (χ0v) is 22.7. The highest BCUT2D eigenvalue weighted by Crippen LogP contribution is 2.40. The molecule has 0 unspecified atom stereocenters. The fourth-order valence-electron chi connectivity index (χ4n) is 6.34. The molecule has 3 aromatic rings. The number of fused-ring (bicyclic) bond motifs is 1. The molecule has 0 aromatic heterocycles. The van der Waals surface area contributed by atoms with Gasteiger partial charge in [0, 0.05) is 24.8 Å². The molecule has 1 heterocycles. The largest absolute Gasteiger partial charge is 0.508 e. The summed E-state index contributed by atoms with van der Waals surface area (Å²) in [5, 5.41) is 9.91. The van der Waals surface area contributed by atoms with E-state index in [1.54, 1.807) is 7.11 Å². The van der Waals surface area contributed by atoms with Crippen molar-refractivity contribution in [3.63, 3.8) is 0 Å². The van der Waals surface area contributed by atoms with E-state index in [0.717, 1.165) is 38.1 Å². The van der Waals surface area contributed by atoms with Crippen LogP contribution < -0.4 is 9.64 Å². The summed E-state index contributed by atoms with van der Waals surface area (Å²) in [6, 6.07) is 21.9. The van der Waals surface area contributed by atoms with E-state index in [2.05, 4.69) is 72.2 Å². The van der Waals surface area contributed by atoms with Crippen molar-refractivity contribution in [1.29, 1.82) is 0 Å². The highest BCUT2D eigenvalue weighted by atomic mass is 16.5. The number of phenols is 1. The Labute approximate surface area is 222 Å². The van der Waals surface area contributed by atoms with Crippen LogP contribution in [-0.2, 0) is 19.4 Å². The molecule has 0 amide bonds. The molecule has 37 heavy (non-hydrogen) atoms. The number of rotatable bonds is 8. The third-order valence-electron chi connectivity index (χ3n) is 8.68. The van der Waals surface area contributed by atoms with E-state index in [4.69, 9.17) is 4.74 Å². The molecule has 1 saturated heterocycles.